The Morgan fingerprint density at radius 2 is 1.70 bits per heavy atom. The van der Waals surface area contributed by atoms with Crippen molar-refractivity contribution in [1.82, 2.24) is 10.2 Å². The Balaban J connectivity index is 1.43. The first-order valence-corrected chi connectivity index (χ1v) is 14.7. The molecule has 0 bridgehead atoms. The molecule has 0 spiro atoms. The number of halogens is 1. The third-order valence-electron chi connectivity index (χ3n) is 6.40. The highest BCUT2D eigenvalue weighted by molar-refractivity contribution is 8.00. The highest BCUT2D eigenvalue weighted by atomic mass is 35.5. The minimum absolute atomic E-state index is 0.0318. The van der Waals surface area contributed by atoms with E-state index in [1.165, 1.54) is 34.9 Å². The second-order valence-corrected chi connectivity index (χ2v) is 11.9. The highest BCUT2D eigenvalue weighted by Crippen LogP contribution is 2.49. The number of amides is 2. The van der Waals surface area contributed by atoms with Crippen molar-refractivity contribution in [1.29, 1.82) is 0 Å². The molecule has 206 valence electrons. The number of carbonyl (C=O) groups is 4. The summed E-state index contributed by atoms with van der Waals surface area (Å²) in [5.74, 6) is -2.11. The molecule has 8 nitrogen and oxygen atoms in total. The third-order valence-corrected chi connectivity index (χ3v) is 9.27. The lowest BCUT2D eigenvalue weighted by Gasteiger charge is -2.54. The van der Waals surface area contributed by atoms with Gasteiger partial charge in [0.2, 0.25) is 10.9 Å². The molecule has 1 N–H and O–H groups in total. The Labute approximate surface area is 244 Å². The SMILES string of the molecule is CC(=O)OCC1=C(C(=O)OC(c2ccccc2)c2ccccc2)N2C(=O)[C@@](Cl)(NC(=O)Cc3cccs3)[C@H]2SC1. The van der Waals surface area contributed by atoms with Gasteiger partial charge >= 0.3 is 11.9 Å². The third kappa shape index (κ3) is 5.65. The Kier molecular flexibility index (Phi) is 8.30. The maximum Gasteiger partial charge on any atom is 0.356 e. The lowest BCUT2D eigenvalue weighted by molar-refractivity contribution is -0.157. The summed E-state index contributed by atoms with van der Waals surface area (Å²) < 4.78 is 11.2. The largest absolute Gasteiger partial charge is 0.461 e. The summed E-state index contributed by atoms with van der Waals surface area (Å²) in [5.41, 5.74) is 1.87. The first-order valence-electron chi connectivity index (χ1n) is 12.4. The average molecular weight is 597 g/mol. The molecule has 11 heteroatoms. The first-order chi connectivity index (χ1) is 19.3. The van der Waals surface area contributed by atoms with E-state index in [-0.39, 0.29) is 24.5 Å². The number of rotatable bonds is 9. The van der Waals surface area contributed by atoms with Crippen LogP contribution in [0.2, 0.25) is 0 Å². The molecule has 1 saturated heterocycles. The van der Waals surface area contributed by atoms with Crippen LogP contribution in [-0.4, -0.2) is 51.4 Å². The Morgan fingerprint density at radius 1 is 1.05 bits per heavy atom. The van der Waals surface area contributed by atoms with Crippen LogP contribution in [0.15, 0.2) is 89.4 Å². The highest BCUT2D eigenvalue weighted by Gasteiger charge is 2.65. The maximum atomic E-state index is 13.8. The molecule has 1 fully saturated rings. The number of alkyl halides is 1. The van der Waals surface area contributed by atoms with E-state index >= 15 is 0 Å². The number of fused-ring (bicyclic) bond motifs is 1. The fourth-order valence-electron chi connectivity index (χ4n) is 4.55. The number of benzene rings is 2. The Morgan fingerprint density at radius 3 is 2.27 bits per heavy atom. The van der Waals surface area contributed by atoms with Crippen LogP contribution in [0, 0.1) is 0 Å². The van der Waals surface area contributed by atoms with E-state index in [4.69, 9.17) is 21.1 Å². The van der Waals surface area contributed by atoms with Crippen LogP contribution >= 0.6 is 34.7 Å². The lowest BCUT2D eigenvalue weighted by atomic mass is 10.00. The summed E-state index contributed by atoms with van der Waals surface area (Å²) in [6.07, 6.45) is -0.678. The van der Waals surface area contributed by atoms with Crippen molar-refractivity contribution in [3.63, 3.8) is 0 Å². The van der Waals surface area contributed by atoms with Crippen LogP contribution < -0.4 is 5.32 Å². The van der Waals surface area contributed by atoms with E-state index < -0.39 is 40.2 Å². The van der Waals surface area contributed by atoms with Crippen molar-refractivity contribution in [3.8, 4) is 0 Å². The second kappa shape index (κ2) is 11.9. The van der Waals surface area contributed by atoms with Gasteiger partial charge in [-0.25, -0.2) is 4.79 Å². The van der Waals surface area contributed by atoms with Gasteiger partial charge in [-0.2, -0.15) is 0 Å². The van der Waals surface area contributed by atoms with E-state index in [9.17, 15) is 19.2 Å². The molecule has 2 amide bonds. The average Bonchev–Trinajstić information content (AvgIpc) is 3.47. The van der Waals surface area contributed by atoms with Gasteiger partial charge in [0.15, 0.2) is 6.10 Å². The molecule has 2 aliphatic heterocycles. The summed E-state index contributed by atoms with van der Waals surface area (Å²) >= 11 is 9.41. The molecule has 5 rings (SSSR count). The number of esters is 2. The first kappa shape index (κ1) is 27.9. The number of carbonyl (C=O) groups excluding carboxylic acids is 4. The van der Waals surface area contributed by atoms with Gasteiger partial charge in [-0.15, -0.1) is 23.1 Å². The Bertz CT molecular complexity index is 1410. The lowest BCUT2D eigenvalue weighted by Crippen LogP contribution is -2.77. The van der Waals surface area contributed by atoms with Gasteiger partial charge in [0.1, 0.15) is 17.7 Å². The molecule has 1 aromatic heterocycles. The zero-order chi connectivity index (χ0) is 28.3. The fourth-order valence-corrected chi connectivity index (χ4v) is 7.05. The standard InChI is InChI=1S/C29H25ClN2O6S2/c1-18(33)37-16-21-17-40-28-29(30,31-23(34)15-22-13-8-14-39-22)27(36)32(28)24(21)26(35)38-25(19-9-4-2-5-10-19)20-11-6-3-7-12-20/h2-14,25,28H,15-17H2,1H3,(H,31,34)/t28-,29-/m1/s1. The minimum atomic E-state index is -1.73. The van der Waals surface area contributed by atoms with Crippen molar-refractivity contribution in [2.24, 2.45) is 0 Å². The van der Waals surface area contributed by atoms with Crippen LogP contribution in [0.3, 0.4) is 0 Å². The molecule has 0 radical (unpaired) electrons. The van der Waals surface area contributed by atoms with Gasteiger partial charge in [-0.05, 0) is 22.6 Å². The maximum absolute atomic E-state index is 13.8. The van der Waals surface area contributed by atoms with Crippen molar-refractivity contribution >= 4 is 58.5 Å². The smallest absolute Gasteiger partial charge is 0.356 e. The molecular weight excluding hydrogens is 572 g/mol. The number of nitrogens with one attached hydrogen (secondary N) is 1. The van der Waals surface area contributed by atoms with Crippen LogP contribution in [0.25, 0.3) is 0 Å². The topological polar surface area (TPSA) is 102 Å². The van der Waals surface area contributed by atoms with E-state index in [1.54, 1.807) is 0 Å². The van der Waals surface area contributed by atoms with Gasteiger partial charge < -0.3 is 14.8 Å². The monoisotopic (exact) mass is 596 g/mol. The van der Waals surface area contributed by atoms with Crippen LogP contribution in [0.1, 0.15) is 29.0 Å². The van der Waals surface area contributed by atoms with E-state index in [1.807, 2.05) is 78.2 Å². The van der Waals surface area contributed by atoms with Crippen LogP contribution in [-0.2, 0) is 35.1 Å². The van der Waals surface area contributed by atoms with Gasteiger partial charge in [-0.1, -0.05) is 78.3 Å². The van der Waals surface area contributed by atoms with Crippen molar-refractivity contribution in [2.75, 3.05) is 12.4 Å². The molecule has 0 saturated carbocycles. The summed E-state index contributed by atoms with van der Waals surface area (Å²) in [7, 11) is 0. The van der Waals surface area contributed by atoms with Gasteiger partial charge in [0, 0.05) is 23.1 Å². The van der Waals surface area contributed by atoms with Crippen LogP contribution in [0.4, 0.5) is 0 Å². The van der Waals surface area contributed by atoms with Gasteiger partial charge in [-0.3, -0.25) is 19.3 Å². The molecule has 3 aromatic rings. The fraction of sp³-hybridized carbons (Fsp3) is 0.241. The van der Waals surface area contributed by atoms with Crippen molar-refractivity contribution in [3.05, 3.63) is 105 Å². The molecule has 0 unspecified atom stereocenters. The second-order valence-electron chi connectivity index (χ2n) is 9.19. The zero-order valence-electron chi connectivity index (χ0n) is 21.4. The van der Waals surface area contributed by atoms with Gasteiger partial charge in [0.05, 0.1) is 6.42 Å². The molecule has 40 heavy (non-hydrogen) atoms. The predicted molar refractivity (Wildman–Crippen MR) is 152 cm³/mol. The van der Waals surface area contributed by atoms with E-state index in [2.05, 4.69) is 5.32 Å². The zero-order valence-corrected chi connectivity index (χ0v) is 23.8. The summed E-state index contributed by atoms with van der Waals surface area (Å²) in [6.45, 7) is 1.07. The van der Waals surface area contributed by atoms with E-state index in [0.717, 1.165) is 16.0 Å². The van der Waals surface area contributed by atoms with Gasteiger partial charge in [0.25, 0.3) is 5.91 Å². The van der Waals surface area contributed by atoms with Crippen molar-refractivity contribution < 1.29 is 28.7 Å². The number of thiophene rings is 1. The quantitative estimate of drug-likeness (QED) is 0.169. The minimum Gasteiger partial charge on any atom is -0.461 e. The molecule has 2 aliphatic rings. The predicted octanol–water partition coefficient (Wildman–Crippen LogP) is 4.41. The number of nitrogens with zero attached hydrogens (tertiary/aromatic N) is 1. The molecule has 2 aromatic carbocycles. The number of hydrogen-bond acceptors (Lipinski definition) is 8. The number of β-lactam (4-membered cyclic amide) rings is 1. The summed E-state index contributed by atoms with van der Waals surface area (Å²) in [6, 6.07) is 22.2. The van der Waals surface area contributed by atoms with Crippen molar-refractivity contribution in [2.45, 2.75) is 29.8 Å². The summed E-state index contributed by atoms with van der Waals surface area (Å²) in [4.78, 5) is 52.0. The number of hydrogen-bond donors (Lipinski definition) is 1. The number of ether oxygens (including phenoxy) is 2. The molecule has 0 aliphatic carbocycles. The summed E-state index contributed by atoms with van der Waals surface area (Å²) in [5, 5.41) is 3.76. The normalized spacial score (nSPS) is 20.0. The molecular formula is C29H25ClN2O6S2. The number of thioether (sulfide) groups is 1. The van der Waals surface area contributed by atoms with Crippen LogP contribution in [0.5, 0.6) is 0 Å². The molecule has 3 heterocycles. The molecule has 2 atom stereocenters. The van der Waals surface area contributed by atoms with E-state index in [0.29, 0.717) is 5.57 Å². The Hall–Kier alpha value is -3.60.